The van der Waals surface area contributed by atoms with Crippen molar-refractivity contribution < 1.29 is 24.5 Å². The third-order valence-electron chi connectivity index (χ3n) is 11.5. The molecule has 0 unspecified atom stereocenters. The molecule has 6 nitrogen and oxygen atoms in total. The molecule has 0 aliphatic heterocycles. The van der Waals surface area contributed by atoms with Gasteiger partial charge in [-0.25, -0.2) is 4.39 Å². The summed E-state index contributed by atoms with van der Waals surface area (Å²) in [6, 6.07) is 8.49. The zero-order chi connectivity index (χ0) is 28.0. The summed E-state index contributed by atoms with van der Waals surface area (Å²) in [6.45, 7) is 7.61. The first-order valence-corrected chi connectivity index (χ1v) is 14.5. The summed E-state index contributed by atoms with van der Waals surface area (Å²) < 4.78 is 19.7. The molecular formula is C32H41FN2O4. The lowest BCUT2D eigenvalue weighted by molar-refractivity contribution is -0.226. The highest BCUT2D eigenvalue weighted by Gasteiger charge is 2.75. The molecule has 0 spiro atoms. The fourth-order valence-corrected chi connectivity index (χ4v) is 9.38. The first-order chi connectivity index (χ1) is 18.4. The van der Waals surface area contributed by atoms with Crippen molar-refractivity contribution in [2.75, 3.05) is 6.61 Å². The van der Waals surface area contributed by atoms with Crippen molar-refractivity contribution in [3.63, 3.8) is 0 Å². The zero-order valence-electron chi connectivity index (χ0n) is 23.5. The van der Waals surface area contributed by atoms with E-state index in [2.05, 4.69) is 31.2 Å². The van der Waals surface area contributed by atoms with Gasteiger partial charge in [-0.3, -0.25) is 9.48 Å². The lowest BCUT2D eigenvalue weighted by atomic mass is 9.43. The topological polar surface area (TPSA) is 95.6 Å². The van der Waals surface area contributed by atoms with E-state index in [1.54, 1.807) is 0 Å². The normalized spacial score (nSPS) is 40.8. The van der Waals surface area contributed by atoms with Crippen LogP contribution < -0.4 is 0 Å². The van der Waals surface area contributed by atoms with Gasteiger partial charge in [0.25, 0.3) is 0 Å². The Labute approximate surface area is 229 Å². The Hall–Kier alpha value is -2.35. The van der Waals surface area contributed by atoms with Crippen LogP contribution in [0.25, 0.3) is 6.08 Å². The number of halogens is 1. The van der Waals surface area contributed by atoms with Crippen molar-refractivity contribution >= 4 is 11.9 Å². The number of carbonyl (C=O) groups excluding carboxylic acids is 1. The molecule has 4 aliphatic rings. The molecule has 3 fully saturated rings. The van der Waals surface area contributed by atoms with E-state index in [1.807, 2.05) is 37.7 Å². The van der Waals surface area contributed by atoms with E-state index in [-0.39, 0.29) is 12.3 Å². The Balaban J connectivity index is 1.34. The van der Waals surface area contributed by atoms with Crippen molar-refractivity contribution in [2.45, 2.75) is 90.1 Å². The van der Waals surface area contributed by atoms with Gasteiger partial charge in [0, 0.05) is 22.9 Å². The predicted molar refractivity (Wildman–Crippen MR) is 147 cm³/mol. The number of hydrogen-bond donors (Lipinski definition) is 3. The smallest absolute Gasteiger partial charge is 0.190 e. The van der Waals surface area contributed by atoms with Crippen LogP contribution >= 0.6 is 0 Å². The van der Waals surface area contributed by atoms with Crippen molar-refractivity contribution in [1.82, 2.24) is 9.78 Å². The van der Waals surface area contributed by atoms with Gasteiger partial charge in [-0.05, 0) is 73.1 Å². The minimum atomic E-state index is -1.90. The van der Waals surface area contributed by atoms with E-state index < -0.39 is 52.4 Å². The number of allylic oxidation sites excluding steroid dienone is 1. The van der Waals surface area contributed by atoms with Gasteiger partial charge in [-0.2, -0.15) is 5.10 Å². The SMILES string of the molecule is CCc1cccc(Cn2cc3c(n2)C=C2CC[C@H]4[C@@H]5C[C@@H](C)[C@](O)(C(=O)CO)[C@@]5(C)C[C@H](O)[C@]4(F)[C@@]2(C)C3)c1. The van der Waals surface area contributed by atoms with Crippen LogP contribution in [-0.2, 0) is 24.2 Å². The average molecular weight is 537 g/mol. The maximum Gasteiger partial charge on any atom is 0.190 e. The number of hydrogen-bond acceptors (Lipinski definition) is 5. The van der Waals surface area contributed by atoms with Gasteiger partial charge in [0.2, 0.25) is 0 Å². The second-order valence-electron chi connectivity index (χ2n) is 13.2. The molecule has 8 atom stereocenters. The van der Waals surface area contributed by atoms with E-state index in [0.717, 1.165) is 23.3 Å². The third-order valence-corrected chi connectivity index (χ3v) is 11.5. The molecule has 1 aromatic carbocycles. The third kappa shape index (κ3) is 3.42. The van der Waals surface area contributed by atoms with E-state index in [1.165, 1.54) is 11.1 Å². The number of nitrogens with zero attached hydrogens (tertiary/aromatic N) is 2. The molecule has 0 radical (unpaired) electrons. The molecule has 0 saturated heterocycles. The molecule has 3 saturated carbocycles. The number of aromatic nitrogens is 2. The minimum Gasteiger partial charge on any atom is -0.390 e. The molecule has 7 heteroatoms. The number of benzene rings is 1. The number of aliphatic hydroxyl groups is 3. The standard InChI is InChI=1S/C32H41FN2O4/c1-5-20-7-6-8-21(12-20)16-35-17-22-14-29(3)23(13-26(22)34-35)9-10-24-25-11-19(2)32(39,28(38)18-36)30(25,4)15-27(37)31(24,29)33/h6-8,12-13,17,19,24-25,27,36-37,39H,5,9-11,14-16,18H2,1-4H3/t19-,24+,25+,27+,29+,30+,31+,32+/m1/s1. The Bertz CT molecular complexity index is 1350. The Morgan fingerprint density at radius 3 is 2.69 bits per heavy atom. The van der Waals surface area contributed by atoms with Crippen LogP contribution in [0.5, 0.6) is 0 Å². The van der Waals surface area contributed by atoms with Gasteiger partial charge >= 0.3 is 0 Å². The van der Waals surface area contributed by atoms with Crippen LogP contribution in [0.1, 0.15) is 75.8 Å². The lowest BCUT2D eigenvalue weighted by Gasteiger charge is -2.63. The summed E-state index contributed by atoms with van der Waals surface area (Å²) in [6.07, 6.45) is 5.87. The molecule has 0 bridgehead atoms. The molecule has 1 aromatic heterocycles. The molecule has 6 rings (SSSR count). The summed E-state index contributed by atoms with van der Waals surface area (Å²) >= 11 is 0. The second kappa shape index (κ2) is 8.82. The van der Waals surface area contributed by atoms with Crippen molar-refractivity contribution in [3.8, 4) is 0 Å². The Morgan fingerprint density at radius 2 is 1.97 bits per heavy atom. The van der Waals surface area contributed by atoms with Crippen LogP contribution in [0.4, 0.5) is 4.39 Å². The van der Waals surface area contributed by atoms with E-state index in [9.17, 15) is 20.1 Å². The second-order valence-corrected chi connectivity index (χ2v) is 13.2. The predicted octanol–water partition coefficient (Wildman–Crippen LogP) is 4.28. The number of aliphatic hydroxyl groups excluding tert-OH is 2. The number of carbonyl (C=O) groups is 1. The molecule has 3 N–H and O–H groups in total. The van der Waals surface area contributed by atoms with E-state index in [4.69, 9.17) is 5.10 Å². The number of rotatable bonds is 5. The van der Waals surface area contributed by atoms with E-state index in [0.29, 0.717) is 32.2 Å². The molecule has 39 heavy (non-hydrogen) atoms. The molecule has 4 aliphatic carbocycles. The Morgan fingerprint density at radius 1 is 1.23 bits per heavy atom. The summed E-state index contributed by atoms with van der Waals surface area (Å²) in [5.41, 5.74) is -0.279. The average Bonchev–Trinajstić information content (AvgIpc) is 3.38. The summed E-state index contributed by atoms with van der Waals surface area (Å²) in [5, 5.41) is 37.9. The molecule has 1 heterocycles. The lowest BCUT2D eigenvalue weighted by Crippen LogP contribution is -2.70. The van der Waals surface area contributed by atoms with Gasteiger partial charge < -0.3 is 15.3 Å². The molecular weight excluding hydrogens is 495 g/mol. The fourth-order valence-electron chi connectivity index (χ4n) is 9.38. The number of alkyl halides is 1. The van der Waals surface area contributed by atoms with Crippen molar-refractivity contribution in [2.24, 2.45) is 28.6 Å². The maximum absolute atomic E-state index is 17.8. The van der Waals surface area contributed by atoms with Crippen LogP contribution in [0, 0.1) is 28.6 Å². The first-order valence-electron chi connectivity index (χ1n) is 14.5. The fraction of sp³-hybridized carbons (Fsp3) is 0.625. The highest BCUT2D eigenvalue weighted by Crippen LogP contribution is 2.71. The highest BCUT2D eigenvalue weighted by atomic mass is 19.1. The summed E-state index contributed by atoms with van der Waals surface area (Å²) in [4.78, 5) is 12.9. The first kappa shape index (κ1) is 26.9. The summed E-state index contributed by atoms with van der Waals surface area (Å²) in [7, 11) is 0. The number of fused-ring (bicyclic) bond motifs is 6. The highest BCUT2D eigenvalue weighted by molar-refractivity contribution is 5.90. The van der Waals surface area contributed by atoms with Crippen molar-refractivity contribution in [1.29, 1.82) is 0 Å². The van der Waals surface area contributed by atoms with Crippen LogP contribution in [0.3, 0.4) is 0 Å². The quantitative estimate of drug-likeness (QED) is 0.530. The zero-order valence-corrected chi connectivity index (χ0v) is 23.5. The Kier molecular flexibility index (Phi) is 6.07. The van der Waals surface area contributed by atoms with E-state index >= 15 is 4.39 Å². The minimum absolute atomic E-state index is 0.0139. The molecule has 2 aromatic rings. The summed E-state index contributed by atoms with van der Waals surface area (Å²) in [5.74, 6) is -1.81. The van der Waals surface area contributed by atoms with Gasteiger partial charge in [-0.1, -0.05) is 57.5 Å². The van der Waals surface area contributed by atoms with Crippen LogP contribution in [-0.4, -0.2) is 54.9 Å². The molecule has 210 valence electrons. The van der Waals surface area contributed by atoms with Crippen molar-refractivity contribution in [3.05, 3.63) is 58.4 Å². The van der Waals surface area contributed by atoms with Crippen LogP contribution in [0.15, 0.2) is 36.0 Å². The van der Waals surface area contributed by atoms with Gasteiger partial charge in [-0.15, -0.1) is 0 Å². The molecule has 0 amide bonds. The van der Waals surface area contributed by atoms with Gasteiger partial charge in [0.1, 0.15) is 17.9 Å². The number of ketones is 1. The number of aryl methyl sites for hydroxylation is 1. The largest absolute Gasteiger partial charge is 0.390 e. The van der Waals surface area contributed by atoms with Crippen LogP contribution in [0.2, 0.25) is 0 Å². The number of Topliss-reactive ketones (excluding diaryl/α,β-unsaturated/α-hetero) is 1. The van der Waals surface area contributed by atoms with Gasteiger partial charge in [0.15, 0.2) is 5.78 Å². The van der Waals surface area contributed by atoms with Gasteiger partial charge in [0.05, 0.1) is 18.3 Å². The monoisotopic (exact) mass is 536 g/mol. The maximum atomic E-state index is 17.8.